The van der Waals surface area contributed by atoms with Gasteiger partial charge in [0.15, 0.2) is 0 Å². The number of nitrogens with one attached hydrogen (secondary N) is 1. The Bertz CT molecular complexity index is 674. The van der Waals surface area contributed by atoms with Gasteiger partial charge in [0, 0.05) is 11.7 Å². The minimum atomic E-state index is -0.294. The molecule has 1 aromatic heterocycles. The molecule has 0 saturated carbocycles. The Labute approximate surface area is 145 Å². The second kappa shape index (κ2) is 7.83. The van der Waals surface area contributed by atoms with Crippen molar-refractivity contribution in [3.8, 4) is 0 Å². The maximum Gasteiger partial charge on any atom is 0.286 e. The second-order valence-electron chi connectivity index (χ2n) is 6.17. The van der Waals surface area contributed by atoms with Gasteiger partial charge in [0.25, 0.3) is 5.91 Å². The van der Waals surface area contributed by atoms with E-state index in [1.54, 1.807) is 0 Å². The van der Waals surface area contributed by atoms with Crippen molar-refractivity contribution in [2.45, 2.75) is 44.9 Å². The largest absolute Gasteiger partial charge is 0.393 e. The fourth-order valence-corrected chi connectivity index (χ4v) is 3.81. The smallest absolute Gasteiger partial charge is 0.286 e. The van der Waals surface area contributed by atoms with Crippen LogP contribution in [0, 0.1) is 0 Å². The van der Waals surface area contributed by atoms with Crippen LogP contribution in [0.4, 0.5) is 5.69 Å². The van der Waals surface area contributed by atoms with Crippen LogP contribution in [0.25, 0.3) is 0 Å². The summed E-state index contributed by atoms with van der Waals surface area (Å²) in [6.07, 6.45) is 2.72. The molecule has 7 heteroatoms. The molecule has 0 bridgehead atoms. The van der Waals surface area contributed by atoms with Crippen molar-refractivity contribution in [1.82, 2.24) is 15.1 Å². The van der Waals surface area contributed by atoms with Crippen LogP contribution in [-0.2, 0) is 6.54 Å². The number of benzene rings is 1. The number of carbonyl (C=O) groups excluding carboxylic acids is 1. The van der Waals surface area contributed by atoms with Crippen LogP contribution in [0.3, 0.4) is 0 Å². The summed E-state index contributed by atoms with van der Waals surface area (Å²) in [6, 6.07) is 9.71. The summed E-state index contributed by atoms with van der Waals surface area (Å²) in [6.45, 7) is 3.52. The van der Waals surface area contributed by atoms with Crippen LogP contribution in [-0.4, -0.2) is 44.8 Å². The molecule has 1 aromatic carbocycles. The maximum atomic E-state index is 12.2. The molecule has 0 spiro atoms. The van der Waals surface area contributed by atoms with Gasteiger partial charge >= 0.3 is 0 Å². The van der Waals surface area contributed by atoms with Crippen molar-refractivity contribution in [2.75, 3.05) is 11.9 Å². The van der Waals surface area contributed by atoms with E-state index in [0.717, 1.165) is 36.5 Å². The lowest BCUT2D eigenvalue weighted by Gasteiger charge is -2.24. The third-order valence-corrected chi connectivity index (χ3v) is 5.05. The molecule has 1 aliphatic rings. The Morgan fingerprint density at radius 2 is 2.21 bits per heavy atom. The summed E-state index contributed by atoms with van der Waals surface area (Å²) in [4.78, 5) is 14.6. The standard InChI is InChI=1S/C17H22N4O2S/c1-12(22)10-14-8-5-9-21(14)11-15-19-20-17(24-15)16(23)18-13-6-3-2-4-7-13/h2-4,6-7,12,14,22H,5,8-11H2,1H3,(H,18,23). The highest BCUT2D eigenvalue weighted by atomic mass is 32.1. The van der Waals surface area contributed by atoms with Crippen LogP contribution in [0.5, 0.6) is 0 Å². The lowest BCUT2D eigenvalue weighted by atomic mass is 10.1. The molecular weight excluding hydrogens is 324 g/mol. The SMILES string of the molecule is CC(O)CC1CCCN1Cc1nnc(C(=O)Nc2ccccc2)s1. The van der Waals surface area contributed by atoms with Crippen LogP contribution >= 0.6 is 11.3 Å². The Morgan fingerprint density at radius 3 is 2.96 bits per heavy atom. The Balaban J connectivity index is 1.60. The van der Waals surface area contributed by atoms with E-state index in [-0.39, 0.29) is 12.0 Å². The number of amides is 1. The van der Waals surface area contributed by atoms with Gasteiger partial charge in [-0.15, -0.1) is 10.2 Å². The highest BCUT2D eigenvalue weighted by Crippen LogP contribution is 2.24. The number of likely N-dealkylation sites (tertiary alicyclic amines) is 1. The average Bonchev–Trinajstić information content (AvgIpc) is 3.18. The van der Waals surface area contributed by atoms with Crippen molar-refractivity contribution < 1.29 is 9.90 Å². The van der Waals surface area contributed by atoms with Gasteiger partial charge in [-0.1, -0.05) is 29.5 Å². The van der Waals surface area contributed by atoms with E-state index < -0.39 is 0 Å². The van der Waals surface area contributed by atoms with Crippen molar-refractivity contribution >= 4 is 22.9 Å². The predicted molar refractivity (Wildman–Crippen MR) is 94.0 cm³/mol. The molecule has 2 unspecified atom stereocenters. The number of aromatic nitrogens is 2. The number of anilines is 1. The van der Waals surface area contributed by atoms with Gasteiger partial charge in [-0.2, -0.15) is 0 Å². The number of hydrogen-bond donors (Lipinski definition) is 2. The molecule has 3 rings (SSSR count). The van der Waals surface area contributed by atoms with Crippen molar-refractivity contribution in [3.05, 3.63) is 40.3 Å². The topological polar surface area (TPSA) is 78.3 Å². The minimum absolute atomic E-state index is 0.230. The summed E-state index contributed by atoms with van der Waals surface area (Å²) in [7, 11) is 0. The number of rotatable bonds is 6. The van der Waals surface area contributed by atoms with Gasteiger partial charge in [0.05, 0.1) is 12.6 Å². The lowest BCUT2D eigenvalue weighted by molar-refractivity contribution is 0.102. The predicted octanol–water partition coefficient (Wildman–Crippen LogP) is 2.53. The zero-order valence-electron chi connectivity index (χ0n) is 13.7. The molecule has 1 aliphatic heterocycles. The molecule has 1 saturated heterocycles. The number of nitrogens with zero attached hydrogens (tertiary/aromatic N) is 3. The monoisotopic (exact) mass is 346 g/mol. The molecule has 2 heterocycles. The fraction of sp³-hybridized carbons (Fsp3) is 0.471. The highest BCUT2D eigenvalue weighted by Gasteiger charge is 2.27. The van der Waals surface area contributed by atoms with E-state index in [9.17, 15) is 9.90 Å². The number of aliphatic hydroxyl groups excluding tert-OH is 1. The van der Waals surface area contributed by atoms with E-state index in [0.29, 0.717) is 17.6 Å². The van der Waals surface area contributed by atoms with Gasteiger partial charge in [-0.3, -0.25) is 9.69 Å². The fourth-order valence-electron chi connectivity index (χ4n) is 3.05. The second-order valence-corrected chi connectivity index (χ2v) is 7.23. The third kappa shape index (κ3) is 4.37. The molecule has 0 radical (unpaired) electrons. The highest BCUT2D eigenvalue weighted by molar-refractivity contribution is 7.13. The van der Waals surface area contributed by atoms with E-state index >= 15 is 0 Å². The molecule has 6 nitrogen and oxygen atoms in total. The number of carbonyl (C=O) groups is 1. The first-order valence-corrected chi connectivity index (χ1v) is 9.04. The van der Waals surface area contributed by atoms with Crippen LogP contribution < -0.4 is 5.32 Å². The van der Waals surface area contributed by atoms with E-state index in [4.69, 9.17) is 0 Å². The number of para-hydroxylation sites is 1. The number of aliphatic hydroxyl groups is 1. The van der Waals surface area contributed by atoms with Crippen molar-refractivity contribution in [2.24, 2.45) is 0 Å². The van der Waals surface area contributed by atoms with E-state index in [1.165, 1.54) is 11.3 Å². The van der Waals surface area contributed by atoms with Gasteiger partial charge < -0.3 is 10.4 Å². The Hall–Kier alpha value is -1.83. The Kier molecular flexibility index (Phi) is 5.55. The van der Waals surface area contributed by atoms with Crippen LogP contribution in [0.1, 0.15) is 41.0 Å². The summed E-state index contributed by atoms with van der Waals surface area (Å²) in [5.74, 6) is -0.230. The third-order valence-electron chi connectivity index (χ3n) is 4.14. The van der Waals surface area contributed by atoms with Gasteiger partial charge in [0.1, 0.15) is 5.01 Å². The molecule has 2 aromatic rings. The summed E-state index contributed by atoms with van der Waals surface area (Å²) in [5, 5.41) is 21.8. The first-order chi connectivity index (χ1) is 11.6. The van der Waals surface area contributed by atoms with Crippen LogP contribution in [0.2, 0.25) is 0 Å². The van der Waals surface area contributed by atoms with Crippen molar-refractivity contribution in [3.63, 3.8) is 0 Å². The molecule has 2 atom stereocenters. The Morgan fingerprint density at radius 1 is 1.42 bits per heavy atom. The van der Waals surface area contributed by atoms with E-state index in [2.05, 4.69) is 20.4 Å². The maximum absolute atomic E-state index is 12.2. The van der Waals surface area contributed by atoms with Crippen LogP contribution in [0.15, 0.2) is 30.3 Å². The van der Waals surface area contributed by atoms with Gasteiger partial charge in [-0.05, 0) is 44.9 Å². The zero-order valence-corrected chi connectivity index (χ0v) is 14.5. The molecule has 1 amide bonds. The van der Waals surface area contributed by atoms with Gasteiger partial charge in [-0.25, -0.2) is 0 Å². The normalized spacial score (nSPS) is 19.3. The molecule has 2 N–H and O–H groups in total. The summed E-state index contributed by atoms with van der Waals surface area (Å²) in [5.41, 5.74) is 0.746. The first kappa shape index (κ1) is 17.0. The molecule has 1 fully saturated rings. The molecule has 0 aliphatic carbocycles. The first-order valence-electron chi connectivity index (χ1n) is 8.22. The minimum Gasteiger partial charge on any atom is -0.393 e. The summed E-state index contributed by atoms with van der Waals surface area (Å²) < 4.78 is 0. The zero-order chi connectivity index (χ0) is 16.9. The quantitative estimate of drug-likeness (QED) is 0.840. The molecule has 24 heavy (non-hydrogen) atoms. The van der Waals surface area contributed by atoms with Gasteiger partial charge in [0.2, 0.25) is 5.01 Å². The average molecular weight is 346 g/mol. The molecule has 128 valence electrons. The summed E-state index contributed by atoms with van der Waals surface area (Å²) >= 11 is 1.33. The molecular formula is C17H22N4O2S. The number of hydrogen-bond acceptors (Lipinski definition) is 6. The lowest BCUT2D eigenvalue weighted by Crippen LogP contribution is -2.31. The van der Waals surface area contributed by atoms with Crippen molar-refractivity contribution in [1.29, 1.82) is 0 Å². The van der Waals surface area contributed by atoms with E-state index in [1.807, 2.05) is 37.3 Å².